The predicted octanol–water partition coefficient (Wildman–Crippen LogP) is 4.06. The number of aryl methyl sites for hydroxylation is 2. The third kappa shape index (κ3) is 4.15. The van der Waals surface area contributed by atoms with Crippen LogP contribution in [-0.2, 0) is 11.3 Å². The maximum absolute atomic E-state index is 13.4. The number of carbonyl (C=O) groups is 1. The Labute approximate surface area is 183 Å². The van der Waals surface area contributed by atoms with Crippen molar-refractivity contribution < 1.29 is 4.79 Å². The fourth-order valence-electron chi connectivity index (χ4n) is 3.55. The first-order valence-electron chi connectivity index (χ1n) is 9.72. The fraction of sp³-hybridized carbons (Fsp3) is 0.125. The zero-order chi connectivity index (χ0) is 22.1. The van der Waals surface area contributed by atoms with Crippen LogP contribution in [-0.4, -0.2) is 15.0 Å². The number of fused-ring (bicyclic) bond motifs is 1. The standard InChI is InChI=1S/C24H20ClN3O3/c1-15-5-3-7-18(11-15)26-22(29)14-27-21-13-17(25)9-10-20(21)23(30)28(24(27)31)19-8-4-6-16(2)12-19/h3-13H,14H2,1-2H3,(H,26,29). The van der Waals surface area contributed by atoms with E-state index in [0.717, 1.165) is 15.7 Å². The second-order valence-corrected chi connectivity index (χ2v) is 7.86. The quantitative estimate of drug-likeness (QED) is 0.527. The Balaban J connectivity index is 1.87. The lowest BCUT2D eigenvalue weighted by Crippen LogP contribution is -2.40. The molecular formula is C24H20ClN3O3. The van der Waals surface area contributed by atoms with Crippen molar-refractivity contribution in [3.63, 3.8) is 0 Å². The van der Waals surface area contributed by atoms with Crippen LogP contribution in [0.4, 0.5) is 5.69 Å². The summed E-state index contributed by atoms with van der Waals surface area (Å²) in [5.41, 5.74) is 2.23. The molecule has 1 N–H and O–H groups in total. The largest absolute Gasteiger partial charge is 0.336 e. The molecule has 0 spiro atoms. The minimum Gasteiger partial charge on any atom is -0.325 e. The smallest absolute Gasteiger partial charge is 0.325 e. The summed E-state index contributed by atoms with van der Waals surface area (Å²) < 4.78 is 2.36. The minimum atomic E-state index is -0.607. The second-order valence-electron chi connectivity index (χ2n) is 7.43. The van der Waals surface area contributed by atoms with Gasteiger partial charge in [0.25, 0.3) is 5.56 Å². The van der Waals surface area contributed by atoms with Crippen molar-refractivity contribution in [2.75, 3.05) is 5.32 Å². The lowest BCUT2D eigenvalue weighted by molar-refractivity contribution is -0.116. The summed E-state index contributed by atoms with van der Waals surface area (Å²) in [4.78, 5) is 39.3. The van der Waals surface area contributed by atoms with Gasteiger partial charge in [0.2, 0.25) is 5.91 Å². The summed E-state index contributed by atoms with van der Waals surface area (Å²) in [6.07, 6.45) is 0. The van der Waals surface area contributed by atoms with E-state index in [-0.39, 0.29) is 12.5 Å². The summed E-state index contributed by atoms with van der Waals surface area (Å²) in [6.45, 7) is 3.53. The molecule has 4 rings (SSSR count). The molecule has 7 heteroatoms. The van der Waals surface area contributed by atoms with Gasteiger partial charge >= 0.3 is 5.69 Å². The second kappa shape index (κ2) is 8.24. The number of amides is 1. The van der Waals surface area contributed by atoms with Crippen LogP contribution in [0.25, 0.3) is 16.6 Å². The van der Waals surface area contributed by atoms with Gasteiger partial charge in [0, 0.05) is 10.7 Å². The Bertz CT molecular complexity index is 1440. The van der Waals surface area contributed by atoms with Crippen molar-refractivity contribution in [3.8, 4) is 5.69 Å². The highest BCUT2D eigenvalue weighted by molar-refractivity contribution is 6.31. The lowest BCUT2D eigenvalue weighted by atomic mass is 10.2. The van der Waals surface area contributed by atoms with E-state index in [0.29, 0.717) is 27.3 Å². The first kappa shape index (κ1) is 20.6. The Kier molecular flexibility index (Phi) is 5.48. The number of hydrogen-bond donors (Lipinski definition) is 1. The average molecular weight is 434 g/mol. The Morgan fingerprint density at radius 2 is 1.65 bits per heavy atom. The fourth-order valence-corrected chi connectivity index (χ4v) is 3.72. The highest BCUT2D eigenvalue weighted by atomic mass is 35.5. The van der Waals surface area contributed by atoms with Gasteiger partial charge in [-0.1, -0.05) is 35.9 Å². The summed E-state index contributed by atoms with van der Waals surface area (Å²) in [7, 11) is 0. The number of benzene rings is 3. The minimum absolute atomic E-state index is 0.268. The maximum atomic E-state index is 13.4. The zero-order valence-electron chi connectivity index (χ0n) is 17.1. The van der Waals surface area contributed by atoms with Crippen molar-refractivity contribution in [2.24, 2.45) is 0 Å². The summed E-state index contributed by atoms with van der Waals surface area (Å²) >= 11 is 6.13. The van der Waals surface area contributed by atoms with Gasteiger partial charge in [-0.2, -0.15) is 0 Å². The van der Waals surface area contributed by atoms with Gasteiger partial charge in [0.1, 0.15) is 6.54 Å². The van der Waals surface area contributed by atoms with Gasteiger partial charge in [-0.05, 0) is 67.4 Å². The number of nitrogens with one attached hydrogen (secondary N) is 1. The van der Waals surface area contributed by atoms with Crippen molar-refractivity contribution in [1.82, 2.24) is 9.13 Å². The zero-order valence-corrected chi connectivity index (χ0v) is 17.8. The molecular weight excluding hydrogens is 414 g/mol. The first-order chi connectivity index (χ1) is 14.8. The Morgan fingerprint density at radius 3 is 2.35 bits per heavy atom. The van der Waals surface area contributed by atoms with Crippen LogP contribution in [0.5, 0.6) is 0 Å². The molecule has 156 valence electrons. The summed E-state index contributed by atoms with van der Waals surface area (Å²) in [5.74, 6) is -0.386. The SMILES string of the molecule is Cc1cccc(NC(=O)Cn2c(=O)n(-c3cccc(C)c3)c(=O)c3ccc(Cl)cc32)c1. The Morgan fingerprint density at radius 1 is 0.935 bits per heavy atom. The van der Waals surface area contributed by atoms with Crippen LogP contribution in [0.1, 0.15) is 11.1 Å². The first-order valence-corrected chi connectivity index (χ1v) is 10.1. The molecule has 0 unspecified atom stereocenters. The number of carbonyl (C=O) groups excluding carboxylic acids is 1. The van der Waals surface area contributed by atoms with E-state index in [4.69, 9.17) is 11.6 Å². The molecule has 0 atom stereocenters. The molecule has 4 aromatic rings. The molecule has 0 aliphatic rings. The maximum Gasteiger partial charge on any atom is 0.336 e. The van der Waals surface area contributed by atoms with Crippen LogP contribution in [0.15, 0.2) is 76.3 Å². The number of halogens is 1. The number of hydrogen-bond acceptors (Lipinski definition) is 3. The molecule has 0 fully saturated rings. The number of aromatic nitrogens is 2. The highest BCUT2D eigenvalue weighted by Gasteiger charge is 2.17. The number of nitrogens with zero attached hydrogens (tertiary/aromatic N) is 2. The van der Waals surface area contributed by atoms with Crippen LogP contribution in [0, 0.1) is 13.8 Å². The van der Waals surface area contributed by atoms with Gasteiger partial charge in [-0.15, -0.1) is 0 Å². The molecule has 0 bridgehead atoms. The molecule has 1 amide bonds. The predicted molar refractivity (Wildman–Crippen MR) is 123 cm³/mol. The van der Waals surface area contributed by atoms with Gasteiger partial charge in [-0.25, -0.2) is 9.36 Å². The monoisotopic (exact) mass is 433 g/mol. The Hall–Kier alpha value is -3.64. The summed E-state index contributed by atoms with van der Waals surface area (Å²) in [5, 5.41) is 3.47. The van der Waals surface area contributed by atoms with E-state index >= 15 is 0 Å². The van der Waals surface area contributed by atoms with E-state index in [1.54, 1.807) is 36.4 Å². The molecule has 3 aromatic carbocycles. The molecule has 31 heavy (non-hydrogen) atoms. The molecule has 0 aliphatic carbocycles. The van der Waals surface area contributed by atoms with E-state index in [1.807, 2.05) is 38.1 Å². The molecule has 0 saturated carbocycles. The van der Waals surface area contributed by atoms with Crippen molar-refractivity contribution >= 4 is 34.1 Å². The van der Waals surface area contributed by atoms with E-state index in [1.165, 1.54) is 10.6 Å². The van der Waals surface area contributed by atoms with Gasteiger partial charge in [0.15, 0.2) is 0 Å². The van der Waals surface area contributed by atoms with Crippen LogP contribution < -0.4 is 16.6 Å². The third-order valence-corrected chi connectivity index (χ3v) is 5.20. The molecule has 6 nitrogen and oxygen atoms in total. The lowest BCUT2D eigenvalue weighted by Gasteiger charge is -2.15. The van der Waals surface area contributed by atoms with Gasteiger partial charge < -0.3 is 5.32 Å². The third-order valence-electron chi connectivity index (χ3n) is 4.97. The summed E-state index contributed by atoms with van der Waals surface area (Å²) in [6, 6.07) is 19.2. The van der Waals surface area contributed by atoms with E-state index in [9.17, 15) is 14.4 Å². The molecule has 0 aliphatic heterocycles. The molecule has 0 radical (unpaired) electrons. The molecule has 1 heterocycles. The number of anilines is 1. The van der Waals surface area contributed by atoms with Crippen molar-refractivity contribution in [1.29, 1.82) is 0 Å². The van der Waals surface area contributed by atoms with Crippen molar-refractivity contribution in [2.45, 2.75) is 20.4 Å². The molecule has 1 aromatic heterocycles. The van der Waals surface area contributed by atoms with Crippen LogP contribution >= 0.6 is 11.6 Å². The average Bonchev–Trinajstić information content (AvgIpc) is 2.71. The van der Waals surface area contributed by atoms with Gasteiger partial charge in [-0.3, -0.25) is 14.2 Å². The highest BCUT2D eigenvalue weighted by Crippen LogP contribution is 2.17. The topological polar surface area (TPSA) is 73.1 Å². The van der Waals surface area contributed by atoms with E-state index < -0.39 is 11.2 Å². The number of rotatable bonds is 4. The van der Waals surface area contributed by atoms with Crippen LogP contribution in [0.3, 0.4) is 0 Å². The van der Waals surface area contributed by atoms with E-state index in [2.05, 4.69) is 5.32 Å². The normalized spacial score (nSPS) is 10.9. The molecule has 0 saturated heterocycles. The van der Waals surface area contributed by atoms with Crippen LogP contribution in [0.2, 0.25) is 5.02 Å². The van der Waals surface area contributed by atoms with Gasteiger partial charge in [0.05, 0.1) is 16.6 Å². The van der Waals surface area contributed by atoms with Crippen molar-refractivity contribution in [3.05, 3.63) is 104 Å².